The minimum atomic E-state index is 0.966. The molecule has 9 rings (SSSR count). The van der Waals surface area contributed by atoms with Gasteiger partial charge in [-0.15, -0.1) is 11.3 Å². The van der Waals surface area contributed by atoms with Crippen molar-refractivity contribution in [2.24, 2.45) is 0 Å². The molecule has 0 unspecified atom stereocenters. The van der Waals surface area contributed by atoms with Crippen molar-refractivity contribution in [3.05, 3.63) is 146 Å². The summed E-state index contributed by atoms with van der Waals surface area (Å²) in [6.07, 6.45) is 1.91. The standard InChI is InChI=1S/C40H24OS/c1-3-11-25(12-4-1)34-24-41-40-32(34)21-22-35-39(40)33-20-19-27(23-36(33)42-35)38-30-17-9-7-15-28(30)37(26-13-5-2-6-14-26)29-16-8-10-18-31(29)38/h1-24H. The lowest BCUT2D eigenvalue weighted by Gasteiger charge is -2.17. The Morgan fingerprint density at radius 1 is 0.405 bits per heavy atom. The molecule has 0 aliphatic heterocycles. The van der Waals surface area contributed by atoms with Crippen LogP contribution in [0.4, 0.5) is 0 Å². The summed E-state index contributed by atoms with van der Waals surface area (Å²) in [7, 11) is 0. The van der Waals surface area contributed by atoms with Crippen molar-refractivity contribution >= 4 is 64.0 Å². The van der Waals surface area contributed by atoms with E-state index in [9.17, 15) is 0 Å². The van der Waals surface area contributed by atoms with E-state index in [1.807, 2.05) is 17.6 Å². The maximum atomic E-state index is 6.28. The van der Waals surface area contributed by atoms with Gasteiger partial charge in [0, 0.05) is 31.1 Å². The van der Waals surface area contributed by atoms with Gasteiger partial charge in [-0.3, -0.25) is 0 Å². The lowest BCUT2D eigenvalue weighted by Crippen LogP contribution is -1.90. The third-order valence-corrected chi connectivity index (χ3v) is 9.66. The van der Waals surface area contributed by atoms with Gasteiger partial charge in [-0.2, -0.15) is 0 Å². The van der Waals surface area contributed by atoms with E-state index in [1.54, 1.807) is 0 Å². The molecule has 0 atom stereocenters. The molecule has 0 bridgehead atoms. The van der Waals surface area contributed by atoms with Gasteiger partial charge < -0.3 is 4.42 Å². The Balaban J connectivity index is 1.31. The second-order valence-electron chi connectivity index (χ2n) is 10.9. The number of hydrogen-bond donors (Lipinski definition) is 0. The van der Waals surface area contributed by atoms with Crippen molar-refractivity contribution in [1.29, 1.82) is 0 Å². The van der Waals surface area contributed by atoms with Gasteiger partial charge in [-0.05, 0) is 67.6 Å². The van der Waals surface area contributed by atoms with Crippen molar-refractivity contribution in [3.8, 4) is 33.4 Å². The highest BCUT2D eigenvalue weighted by molar-refractivity contribution is 7.26. The van der Waals surface area contributed by atoms with Crippen molar-refractivity contribution < 1.29 is 4.42 Å². The van der Waals surface area contributed by atoms with Crippen LogP contribution in [-0.2, 0) is 0 Å². The maximum Gasteiger partial charge on any atom is 0.143 e. The van der Waals surface area contributed by atoms with Crippen LogP contribution in [0.3, 0.4) is 0 Å². The van der Waals surface area contributed by atoms with Crippen LogP contribution in [0.15, 0.2) is 150 Å². The Labute approximate surface area is 246 Å². The van der Waals surface area contributed by atoms with E-state index in [0.717, 1.165) is 16.5 Å². The van der Waals surface area contributed by atoms with E-state index >= 15 is 0 Å². The lowest BCUT2D eigenvalue weighted by molar-refractivity contribution is 0.620. The minimum Gasteiger partial charge on any atom is -0.463 e. The summed E-state index contributed by atoms with van der Waals surface area (Å²) in [5.74, 6) is 0. The van der Waals surface area contributed by atoms with Gasteiger partial charge in [0.2, 0.25) is 0 Å². The minimum absolute atomic E-state index is 0.966. The molecular formula is C40H24OS. The summed E-state index contributed by atoms with van der Waals surface area (Å²) in [6, 6.07) is 50.4. The van der Waals surface area contributed by atoms with Gasteiger partial charge in [0.1, 0.15) is 5.58 Å². The zero-order valence-corrected chi connectivity index (χ0v) is 23.5. The summed E-state index contributed by atoms with van der Waals surface area (Å²) in [6.45, 7) is 0. The second-order valence-corrected chi connectivity index (χ2v) is 11.9. The van der Waals surface area contributed by atoms with Crippen molar-refractivity contribution in [2.45, 2.75) is 0 Å². The molecule has 0 spiro atoms. The highest BCUT2D eigenvalue weighted by Crippen LogP contribution is 2.46. The van der Waals surface area contributed by atoms with Gasteiger partial charge in [0.15, 0.2) is 0 Å². The van der Waals surface area contributed by atoms with Crippen LogP contribution in [0, 0.1) is 0 Å². The summed E-state index contributed by atoms with van der Waals surface area (Å²) in [5, 5.41) is 8.71. The van der Waals surface area contributed by atoms with Crippen LogP contribution in [0.2, 0.25) is 0 Å². The molecule has 2 heterocycles. The Kier molecular flexibility index (Phi) is 5.13. The van der Waals surface area contributed by atoms with Gasteiger partial charge in [0.05, 0.1) is 6.26 Å². The zero-order valence-electron chi connectivity index (χ0n) is 22.7. The van der Waals surface area contributed by atoms with E-state index in [-0.39, 0.29) is 0 Å². The SMILES string of the molecule is c1ccc(-c2c3ccccc3c(-c3ccc4c(c3)sc3ccc5c(-c6ccccc6)coc5c34)c3ccccc23)cc1. The summed E-state index contributed by atoms with van der Waals surface area (Å²) < 4.78 is 8.79. The second kappa shape index (κ2) is 9.17. The topological polar surface area (TPSA) is 13.1 Å². The molecule has 9 aromatic rings. The van der Waals surface area contributed by atoms with Crippen LogP contribution in [0.25, 0.3) is 86.1 Å². The molecule has 0 amide bonds. The number of fused-ring (bicyclic) bond motifs is 7. The molecule has 0 saturated carbocycles. The molecule has 0 fully saturated rings. The molecular weight excluding hydrogens is 529 g/mol. The molecule has 0 saturated heterocycles. The number of thiophene rings is 1. The molecule has 2 aromatic heterocycles. The first-order valence-corrected chi connectivity index (χ1v) is 15.1. The van der Waals surface area contributed by atoms with Crippen LogP contribution in [-0.4, -0.2) is 0 Å². The van der Waals surface area contributed by atoms with E-state index in [2.05, 4.69) is 140 Å². The predicted octanol–water partition coefficient (Wildman–Crippen LogP) is 12.1. The van der Waals surface area contributed by atoms with Crippen molar-refractivity contribution in [3.63, 3.8) is 0 Å². The molecule has 1 nitrogen and oxygen atoms in total. The third-order valence-electron chi connectivity index (χ3n) is 8.54. The first kappa shape index (κ1) is 23.5. The van der Waals surface area contributed by atoms with Crippen molar-refractivity contribution in [1.82, 2.24) is 0 Å². The van der Waals surface area contributed by atoms with E-state index < -0.39 is 0 Å². The number of furan rings is 1. The van der Waals surface area contributed by atoms with E-state index in [1.165, 1.54) is 69.5 Å². The smallest absolute Gasteiger partial charge is 0.143 e. The summed E-state index contributed by atoms with van der Waals surface area (Å²) >= 11 is 1.84. The van der Waals surface area contributed by atoms with Gasteiger partial charge >= 0.3 is 0 Å². The summed E-state index contributed by atoms with van der Waals surface area (Å²) in [4.78, 5) is 0. The molecule has 2 heteroatoms. The van der Waals surface area contributed by atoms with Crippen LogP contribution < -0.4 is 0 Å². The summed E-state index contributed by atoms with van der Waals surface area (Å²) in [5.41, 5.74) is 8.34. The highest BCUT2D eigenvalue weighted by atomic mass is 32.1. The van der Waals surface area contributed by atoms with Crippen LogP contribution in [0.1, 0.15) is 0 Å². The van der Waals surface area contributed by atoms with Gasteiger partial charge in [0.25, 0.3) is 0 Å². The average Bonchev–Trinajstić information content (AvgIpc) is 3.65. The van der Waals surface area contributed by atoms with E-state index in [4.69, 9.17) is 4.42 Å². The lowest BCUT2D eigenvalue weighted by atomic mass is 9.86. The Morgan fingerprint density at radius 2 is 0.952 bits per heavy atom. The van der Waals surface area contributed by atoms with Crippen LogP contribution >= 0.6 is 11.3 Å². The Hall–Kier alpha value is -5.18. The maximum absolute atomic E-state index is 6.28. The zero-order chi connectivity index (χ0) is 27.6. The fourth-order valence-electron chi connectivity index (χ4n) is 6.70. The third kappa shape index (κ3) is 3.43. The number of rotatable bonds is 3. The quantitative estimate of drug-likeness (QED) is 0.199. The molecule has 0 aliphatic carbocycles. The highest BCUT2D eigenvalue weighted by Gasteiger charge is 2.19. The molecule has 0 N–H and O–H groups in total. The van der Waals surface area contributed by atoms with E-state index in [0.29, 0.717) is 0 Å². The molecule has 0 radical (unpaired) electrons. The first-order chi connectivity index (χ1) is 20.8. The first-order valence-electron chi connectivity index (χ1n) is 14.3. The molecule has 7 aromatic carbocycles. The predicted molar refractivity (Wildman–Crippen MR) is 180 cm³/mol. The Bertz CT molecular complexity index is 2390. The largest absolute Gasteiger partial charge is 0.463 e. The number of benzene rings is 7. The monoisotopic (exact) mass is 552 g/mol. The van der Waals surface area contributed by atoms with Gasteiger partial charge in [-0.1, -0.05) is 121 Å². The number of hydrogen-bond acceptors (Lipinski definition) is 2. The average molecular weight is 553 g/mol. The Morgan fingerprint density at radius 3 is 1.60 bits per heavy atom. The molecule has 42 heavy (non-hydrogen) atoms. The molecule has 0 aliphatic rings. The van der Waals surface area contributed by atoms with Crippen molar-refractivity contribution in [2.75, 3.05) is 0 Å². The fourth-order valence-corrected chi connectivity index (χ4v) is 7.85. The molecule has 196 valence electrons. The normalized spacial score (nSPS) is 11.8. The fraction of sp³-hybridized carbons (Fsp3) is 0. The van der Waals surface area contributed by atoms with Crippen LogP contribution in [0.5, 0.6) is 0 Å². The van der Waals surface area contributed by atoms with Gasteiger partial charge in [-0.25, -0.2) is 0 Å².